The molecule has 0 spiro atoms. The van der Waals surface area contributed by atoms with Gasteiger partial charge in [0, 0.05) is 18.3 Å². The van der Waals surface area contributed by atoms with Crippen LogP contribution in [0.25, 0.3) is 10.9 Å². The van der Waals surface area contributed by atoms with Crippen molar-refractivity contribution in [1.29, 1.82) is 0 Å². The number of hydrogen-bond donors (Lipinski definition) is 1. The van der Waals surface area contributed by atoms with Gasteiger partial charge in [0.05, 0.1) is 31.3 Å². The van der Waals surface area contributed by atoms with Gasteiger partial charge in [-0.3, -0.25) is 4.79 Å². The van der Waals surface area contributed by atoms with Crippen LogP contribution in [0, 0.1) is 20.8 Å². The first-order valence-corrected chi connectivity index (χ1v) is 13.2. The molecule has 9 heteroatoms. The van der Waals surface area contributed by atoms with Crippen LogP contribution in [0.5, 0.6) is 5.75 Å². The summed E-state index contributed by atoms with van der Waals surface area (Å²) in [4.78, 5) is 16.3. The number of aromatic amines is 1. The average molecular weight is 517 g/mol. The van der Waals surface area contributed by atoms with E-state index in [-0.39, 0.29) is 18.0 Å². The van der Waals surface area contributed by atoms with Gasteiger partial charge in [0.25, 0.3) is 0 Å². The maximum atomic E-state index is 14.3. The van der Waals surface area contributed by atoms with Gasteiger partial charge in [0.1, 0.15) is 11.8 Å². The fraction of sp³-hybridized carbons (Fsp3) is 0.444. The van der Waals surface area contributed by atoms with Gasteiger partial charge in [0.2, 0.25) is 10.0 Å². The smallest absolute Gasteiger partial charge is 0.326 e. The quantitative estimate of drug-likeness (QED) is 0.416. The molecule has 1 unspecified atom stereocenters. The Morgan fingerprint density at radius 3 is 2.36 bits per heavy atom. The van der Waals surface area contributed by atoms with E-state index < -0.39 is 27.6 Å². The molecule has 3 rings (SSSR count). The minimum atomic E-state index is -4.18. The number of rotatable bonds is 9. The standard InChI is InChI=1S/C27H36N2O6S/c1-17-13-24(33-7)18(2)19(3)25(17)36(31,32)29(23(26(30)34-8)16-35-27(4,5)6)15-20-9-10-22-21(14-20)11-12-28-22/h9-14,23,28H,15-16H2,1-8H3. The summed E-state index contributed by atoms with van der Waals surface area (Å²) < 4.78 is 46.3. The summed E-state index contributed by atoms with van der Waals surface area (Å²) >= 11 is 0. The molecule has 1 N–H and O–H groups in total. The molecular weight excluding hydrogens is 480 g/mol. The zero-order chi connectivity index (χ0) is 26.8. The van der Waals surface area contributed by atoms with Crippen LogP contribution >= 0.6 is 0 Å². The van der Waals surface area contributed by atoms with Gasteiger partial charge in [-0.1, -0.05) is 6.07 Å². The first kappa shape index (κ1) is 27.7. The summed E-state index contributed by atoms with van der Waals surface area (Å²) in [6.45, 7) is 10.6. The van der Waals surface area contributed by atoms with Crippen molar-refractivity contribution in [3.63, 3.8) is 0 Å². The lowest BCUT2D eigenvalue weighted by molar-refractivity contribution is -0.149. The van der Waals surface area contributed by atoms with Crippen LogP contribution in [0.2, 0.25) is 0 Å². The fourth-order valence-electron chi connectivity index (χ4n) is 4.22. The second-order valence-electron chi connectivity index (χ2n) is 9.89. The lowest BCUT2D eigenvalue weighted by Crippen LogP contribution is -2.49. The van der Waals surface area contributed by atoms with Crippen molar-refractivity contribution in [2.45, 2.75) is 64.6 Å². The number of fused-ring (bicyclic) bond motifs is 1. The molecule has 0 saturated carbocycles. The molecule has 0 aliphatic heterocycles. The first-order chi connectivity index (χ1) is 16.8. The third kappa shape index (κ3) is 5.74. The molecular formula is C27H36N2O6S. The highest BCUT2D eigenvalue weighted by molar-refractivity contribution is 7.89. The molecule has 196 valence electrons. The van der Waals surface area contributed by atoms with E-state index in [9.17, 15) is 13.2 Å². The number of H-pyrrole nitrogens is 1. The molecule has 0 bridgehead atoms. The molecule has 0 fully saturated rings. The minimum absolute atomic E-state index is 0.0410. The number of carbonyl (C=O) groups excluding carboxylic acids is 1. The van der Waals surface area contributed by atoms with Gasteiger partial charge >= 0.3 is 5.97 Å². The van der Waals surface area contributed by atoms with Gasteiger partial charge in [-0.15, -0.1) is 0 Å². The Bertz CT molecular complexity index is 1350. The number of ether oxygens (including phenoxy) is 3. The van der Waals surface area contributed by atoms with Crippen molar-refractivity contribution in [2.75, 3.05) is 20.8 Å². The van der Waals surface area contributed by atoms with E-state index in [1.807, 2.05) is 58.2 Å². The Hall–Kier alpha value is -2.88. The highest BCUT2D eigenvalue weighted by Gasteiger charge is 2.39. The lowest BCUT2D eigenvalue weighted by Gasteiger charge is -2.32. The van der Waals surface area contributed by atoms with Crippen molar-refractivity contribution in [1.82, 2.24) is 9.29 Å². The second-order valence-corrected chi connectivity index (χ2v) is 11.7. The van der Waals surface area contributed by atoms with Crippen LogP contribution in [0.4, 0.5) is 0 Å². The molecule has 8 nitrogen and oxygen atoms in total. The predicted molar refractivity (Wildman–Crippen MR) is 140 cm³/mol. The highest BCUT2D eigenvalue weighted by Crippen LogP contribution is 2.34. The van der Waals surface area contributed by atoms with Crippen LogP contribution in [0.15, 0.2) is 41.4 Å². The molecule has 36 heavy (non-hydrogen) atoms. The topological polar surface area (TPSA) is 97.9 Å². The molecule has 0 amide bonds. The molecule has 3 aromatic rings. The molecule has 0 aliphatic carbocycles. The Kier molecular flexibility index (Phi) is 8.17. The van der Waals surface area contributed by atoms with Gasteiger partial charge in [-0.25, -0.2) is 8.42 Å². The van der Waals surface area contributed by atoms with Crippen LogP contribution in [0.1, 0.15) is 43.0 Å². The molecule has 0 saturated heterocycles. The van der Waals surface area contributed by atoms with E-state index >= 15 is 0 Å². The Morgan fingerprint density at radius 1 is 1.06 bits per heavy atom. The molecule has 1 heterocycles. The average Bonchev–Trinajstić information content (AvgIpc) is 3.27. The maximum Gasteiger partial charge on any atom is 0.326 e. The molecule has 2 aromatic carbocycles. The highest BCUT2D eigenvalue weighted by atomic mass is 32.2. The summed E-state index contributed by atoms with van der Waals surface area (Å²) in [5.74, 6) is -0.0833. The number of hydrogen-bond acceptors (Lipinski definition) is 6. The van der Waals surface area contributed by atoms with Crippen molar-refractivity contribution < 1.29 is 27.4 Å². The number of nitrogens with zero attached hydrogens (tertiary/aromatic N) is 1. The molecule has 1 atom stereocenters. The Labute approximate surface area is 213 Å². The molecule has 0 radical (unpaired) electrons. The Balaban J connectivity index is 2.19. The first-order valence-electron chi connectivity index (χ1n) is 11.7. The Morgan fingerprint density at radius 2 is 1.75 bits per heavy atom. The number of benzene rings is 2. The molecule has 1 aromatic heterocycles. The monoisotopic (exact) mass is 516 g/mol. The zero-order valence-electron chi connectivity index (χ0n) is 22.3. The summed E-state index contributed by atoms with van der Waals surface area (Å²) in [7, 11) is -1.38. The number of sulfonamides is 1. The number of aryl methyl sites for hydroxylation is 1. The van der Waals surface area contributed by atoms with Crippen LogP contribution < -0.4 is 4.74 Å². The third-order valence-electron chi connectivity index (χ3n) is 6.22. The zero-order valence-corrected chi connectivity index (χ0v) is 23.1. The van der Waals surface area contributed by atoms with Crippen molar-refractivity contribution >= 4 is 26.9 Å². The van der Waals surface area contributed by atoms with Crippen molar-refractivity contribution in [3.05, 3.63) is 58.8 Å². The summed E-state index contributed by atoms with van der Waals surface area (Å²) in [6, 6.07) is 8.08. The van der Waals surface area contributed by atoms with Crippen LogP contribution in [0.3, 0.4) is 0 Å². The number of nitrogens with one attached hydrogen (secondary N) is 1. The summed E-state index contributed by atoms with van der Waals surface area (Å²) in [5.41, 5.74) is 2.89. The predicted octanol–water partition coefficient (Wildman–Crippen LogP) is 4.65. The molecule has 0 aliphatic rings. The van der Waals surface area contributed by atoms with Gasteiger partial charge < -0.3 is 19.2 Å². The third-order valence-corrected chi connectivity index (χ3v) is 8.36. The van der Waals surface area contributed by atoms with Crippen molar-refractivity contribution in [2.24, 2.45) is 0 Å². The SMILES string of the molecule is COC(=O)C(COC(C)(C)C)N(Cc1ccc2[nH]ccc2c1)S(=O)(=O)c1c(C)cc(OC)c(C)c1C. The maximum absolute atomic E-state index is 14.3. The van der Waals surface area contributed by atoms with E-state index in [2.05, 4.69) is 4.98 Å². The van der Waals surface area contributed by atoms with Gasteiger partial charge in [0.15, 0.2) is 0 Å². The van der Waals surface area contributed by atoms with Crippen LogP contribution in [-0.4, -0.2) is 56.1 Å². The van der Waals surface area contributed by atoms with Crippen molar-refractivity contribution in [3.8, 4) is 5.75 Å². The normalized spacial score (nSPS) is 13.2. The largest absolute Gasteiger partial charge is 0.496 e. The van der Waals surface area contributed by atoms with E-state index in [1.165, 1.54) is 11.4 Å². The van der Waals surface area contributed by atoms with E-state index in [4.69, 9.17) is 14.2 Å². The minimum Gasteiger partial charge on any atom is -0.496 e. The van der Waals surface area contributed by atoms with E-state index in [0.717, 1.165) is 22.0 Å². The number of aromatic nitrogens is 1. The van der Waals surface area contributed by atoms with Gasteiger partial charge in [-0.2, -0.15) is 4.31 Å². The van der Waals surface area contributed by atoms with E-state index in [1.54, 1.807) is 27.0 Å². The summed E-state index contributed by atoms with van der Waals surface area (Å²) in [5, 5.41) is 0.943. The second kappa shape index (κ2) is 10.6. The van der Waals surface area contributed by atoms with E-state index in [0.29, 0.717) is 16.9 Å². The summed E-state index contributed by atoms with van der Waals surface area (Å²) in [6.07, 6.45) is 1.82. The van der Waals surface area contributed by atoms with Gasteiger partial charge in [-0.05, 0) is 93.4 Å². The fourth-order valence-corrected chi connectivity index (χ4v) is 6.27. The van der Waals surface area contributed by atoms with Crippen LogP contribution in [-0.2, 0) is 30.8 Å². The number of methoxy groups -OCH3 is 2. The lowest BCUT2D eigenvalue weighted by atomic mass is 10.1. The number of esters is 1. The number of carbonyl (C=O) groups is 1.